The van der Waals surface area contributed by atoms with E-state index in [2.05, 4.69) is 0 Å². The van der Waals surface area contributed by atoms with Crippen molar-refractivity contribution in [2.24, 2.45) is 0 Å². The highest BCUT2D eigenvalue weighted by Crippen LogP contribution is 2.08. The van der Waals surface area contributed by atoms with E-state index in [0.717, 1.165) is 11.5 Å². The molecule has 0 aliphatic rings. The second-order valence-corrected chi connectivity index (χ2v) is 4.41. The van der Waals surface area contributed by atoms with Gasteiger partial charge in [-0.25, -0.2) is 0 Å². The molecule has 0 saturated carbocycles. The number of rotatable bonds is 7. The van der Waals surface area contributed by atoms with Crippen LogP contribution >= 0.6 is 23.5 Å². The number of hydrogen-bond donors (Lipinski definition) is 4. The molecule has 0 atom stereocenters. The maximum atomic E-state index is 8.45. The molecule has 0 aliphatic carbocycles. The molecule has 0 aromatic heterocycles. The van der Waals surface area contributed by atoms with Gasteiger partial charge in [0.25, 0.3) is 0 Å². The standard InChI is InChI=1S/C6H14O4S2/c7-5(8)3-11-1-2-12-4-6(9)10/h5-10H,1-4H2. The summed E-state index contributed by atoms with van der Waals surface area (Å²) >= 11 is 2.86. The van der Waals surface area contributed by atoms with E-state index in [1.54, 1.807) is 0 Å². The smallest absolute Gasteiger partial charge is 0.160 e. The Morgan fingerprint density at radius 1 is 0.750 bits per heavy atom. The van der Waals surface area contributed by atoms with Crippen molar-refractivity contribution in [1.82, 2.24) is 0 Å². The zero-order valence-corrected chi connectivity index (χ0v) is 8.22. The lowest BCUT2D eigenvalue weighted by molar-refractivity contribution is -0.0194. The average Bonchev–Trinajstić information content (AvgIpc) is 1.95. The second-order valence-electron chi connectivity index (χ2n) is 2.11. The summed E-state index contributed by atoms with van der Waals surface area (Å²) in [5.74, 6) is 2.19. The number of thioether (sulfide) groups is 2. The summed E-state index contributed by atoms with van der Waals surface area (Å²) in [4.78, 5) is 0. The van der Waals surface area contributed by atoms with Crippen molar-refractivity contribution >= 4 is 23.5 Å². The van der Waals surface area contributed by atoms with Gasteiger partial charge in [-0.15, -0.1) is 0 Å². The average molecular weight is 214 g/mol. The van der Waals surface area contributed by atoms with E-state index in [1.807, 2.05) is 0 Å². The highest BCUT2D eigenvalue weighted by atomic mass is 32.2. The fourth-order valence-electron chi connectivity index (χ4n) is 0.495. The molecule has 0 aromatic rings. The summed E-state index contributed by atoms with van der Waals surface area (Å²) in [6.45, 7) is 0. The van der Waals surface area contributed by atoms with E-state index < -0.39 is 12.6 Å². The third kappa shape index (κ3) is 10.5. The first-order valence-corrected chi connectivity index (χ1v) is 5.81. The molecule has 0 saturated heterocycles. The molecule has 0 unspecified atom stereocenters. The summed E-state index contributed by atoms with van der Waals surface area (Å²) in [5.41, 5.74) is 0. The Bertz CT molecular complexity index is 87.5. The van der Waals surface area contributed by atoms with Crippen LogP contribution in [0, 0.1) is 0 Å². The number of aliphatic hydroxyl groups is 4. The number of aliphatic hydroxyl groups excluding tert-OH is 2. The summed E-state index contributed by atoms with van der Waals surface area (Å²) in [5, 5.41) is 33.8. The van der Waals surface area contributed by atoms with Gasteiger partial charge in [0.15, 0.2) is 12.6 Å². The lowest BCUT2D eigenvalue weighted by atomic mass is 10.8. The first-order chi connectivity index (χ1) is 5.63. The monoisotopic (exact) mass is 214 g/mol. The van der Waals surface area contributed by atoms with Crippen molar-refractivity contribution in [2.75, 3.05) is 23.0 Å². The molecule has 4 nitrogen and oxygen atoms in total. The summed E-state index contributed by atoms with van der Waals surface area (Å²) in [7, 11) is 0. The van der Waals surface area contributed by atoms with Crippen molar-refractivity contribution in [3.05, 3.63) is 0 Å². The Morgan fingerprint density at radius 3 is 1.33 bits per heavy atom. The molecule has 0 bridgehead atoms. The zero-order valence-electron chi connectivity index (χ0n) is 6.59. The Balaban J connectivity index is 2.91. The van der Waals surface area contributed by atoms with Crippen LogP contribution in [0.5, 0.6) is 0 Å². The van der Waals surface area contributed by atoms with Gasteiger partial charge in [0.1, 0.15) is 0 Å². The van der Waals surface area contributed by atoms with Crippen molar-refractivity contribution in [2.45, 2.75) is 12.6 Å². The van der Waals surface area contributed by atoms with Crippen LogP contribution in [0.2, 0.25) is 0 Å². The predicted molar refractivity (Wildman–Crippen MR) is 51.1 cm³/mol. The third-order valence-electron chi connectivity index (χ3n) is 0.906. The van der Waals surface area contributed by atoms with Gasteiger partial charge in [0.05, 0.1) is 0 Å². The van der Waals surface area contributed by atoms with Crippen molar-refractivity contribution in [3.63, 3.8) is 0 Å². The molecule has 0 fully saturated rings. The second kappa shape index (κ2) is 8.15. The van der Waals surface area contributed by atoms with Gasteiger partial charge in [-0.1, -0.05) is 0 Å². The molecule has 0 rings (SSSR count). The molecular weight excluding hydrogens is 200 g/mol. The van der Waals surface area contributed by atoms with Crippen LogP contribution in [0.25, 0.3) is 0 Å². The van der Waals surface area contributed by atoms with Gasteiger partial charge < -0.3 is 20.4 Å². The molecule has 0 aliphatic heterocycles. The lowest BCUT2D eigenvalue weighted by Crippen LogP contribution is -2.09. The minimum absolute atomic E-state index is 0.308. The first kappa shape index (κ1) is 12.5. The minimum Gasteiger partial charge on any atom is -0.367 e. The predicted octanol–water partition coefficient (Wildman–Crippen LogP) is -0.926. The molecule has 12 heavy (non-hydrogen) atoms. The summed E-state index contributed by atoms with van der Waals surface area (Å²) in [6.07, 6.45) is -2.49. The molecule has 0 spiro atoms. The van der Waals surface area contributed by atoms with Crippen molar-refractivity contribution in [3.8, 4) is 0 Å². The highest BCUT2D eigenvalue weighted by Gasteiger charge is 1.99. The van der Waals surface area contributed by atoms with Gasteiger partial charge in [0, 0.05) is 23.0 Å². The quantitative estimate of drug-likeness (QED) is 0.324. The molecule has 6 heteroatoms. The van der Waals surface area contributed by atoms with Crippen LogP contribution in [0.1, 0.15) is 0 Å². The molecule has 0 heterocycles. The topological polar surface area (TPSA) is 80.9 Å². The van der Waals surface area contributed by atoms with Gasteiger partial charge in [0.2, 0.25) is 0 Å². The van der Waals surface area contributed by atoms with E-state index in [0.29, 0.717) is 11.5 Å². The normalized spacial score (nSPS) is 11.5. The van der Waals surface area contributed by atoms with Crippen molar-refractivity contribution in [1.29, 1.82) is 0 Å². The van der Waals surface area contributed by atoms with E-state index in [1.165, 1.54) is 23.5 Å². The molecule has 4 N–H and O–H groups in total. The van der Waals surface area contributed by atoms with E-state index in [-0.39, 0.29) is 0 Å². The first-order valence-electron chi connectivity index (χ1n) is 3.50. The zero-order chi connectivity index (χ0) is 9.40. The van der Waals surface area contributed by atoms with Crippen LogP contribution in [-0.4, -0.2) is 56.0 Å². The molecule has 0 radical (unpaired) electrons. The van der Waals surface area contributed by atoms with Gasteiger partial charge >= 0.3 is 0 Å². The van der Waals surface area contributed by atoms with Crippen LogP contribution in [0.4, 0.5) is 0 Å². The van der Waals surface area contributed by atoms with E-state index in [4.69, 9.17) is 20.4 Å². The SMILES string of the molecule is OC(O)CSCCSCC(O)O. The maximum Gasteiger partial charge on any atom is 0.160 e. The van der Waals surface area contributed by atoms with Crippen LogP contribution in [0.15, 0.2) is 0 Å². The van der Waals surface area contributed by atoms with Gasteiger partial charge in [-0.05, 0) is 0 Å². The van der Waals surface area contributed by atoms with Crippen LogP contribution < -0.4 is 0 Å². The Morgan fingerprint density at radius 2 is 1.08 bits per heavy atom. The molecular formula is C6H14O4S2. The molecule has 0 amide bonds. The fraction of sp³-hybridized carbons (Fsp3) is 1.00. The van der Waals surface area contributed by atoms with Gasteiger partial charge in [-0.2, -0.15) is 23.5 Å². The van der Waals surface area contributed by atoms with E-state index in [9.17, 15) is 0 Å². The summed E-state index contributed by atoms with van der Waals surface area (Å²) < 4.78 is 0. The molecule has 74 valence electrons. The van der Waals surface area contributed by atoms with E-state index >= 15 is 0 Å². The molecule has 0 aromatic carbocycles. The Kier molecular flexibility index (Phi) is 8.52. The maximum absolute atomic E-state index is 8.45. The van der Waals surface area contributed by atoms with Crippen LogP contribution in [-0.2, 0) is 0 Å². The highest BCUT2D eigenvalue weighted by molar-refractivity contribution is 8.02. The largest absolute Gasteiger partial charge is 0.367 e. The fourth-order valence-corrected chi connectivity index (χ4v) is 2.19. The number of hydrogen-bond acceptors (Lipinski definition) is 6. The lowest BCUT2D eigenvalue weighted by Gasteiger charge is -2.04. The minimum atomic E-state index is -1.25. The van der Waals surface area contributed by atoms with Crippen LogP contribution in [0.3, 0.4) is 0 Å². The van der Waals surface area contributed by atoms with Crippen molar-refractivity contribution < 1.29 is 20.4 Å². The Labute approximate surface area is 80.0 Å². The third-order valence-corrected chi connectivity index (χ3v) is 3.22. The van der Waals surface area contributed by atoms with Gasteiger partial charge in [-0.3, -0.25) is 0 Å². The summed E-state index contributed by atoms with van der Waals surface area (Å²) in [6, 6.07) is 0. The Hall–Kier alpha value is 0.540.